The summed E-state index contributed by atoms with van der Waals surface area (Å²) in [5.74, 6) is 0. The molecule has 2 aromatic carbocycles. The molecule has 0 aliphatic carbocycles. The summed E-state index contributed by atoms with van der Waals surface area (Å²) in [6.07, 6.45) is 1.18. The number of thioether (sulfide) groups is 1. The third kappa shape index (κ3) is 2.83. The molecule has 1 unspecified atom stereocenters. The van der Waals surface area contributed by atoms with Crippen LogP contribution >= 0.6 is 34.4 Å². The number of fused-ring (bicyclic) bond motifs is 1. The van der Waals surface area contributed by atoms with Crippen LogP contribution in [0.4, 0.5) is 5.69 Å². The Kier molecular flexibility index (Phi) is 3.80. The summed E-state index contributed by atoms with van der Waals surface area (Å²) in [4.78, 5) is 1.45. The van der Waals surface area contributed by atoms with Gasteiger partial charge in [0.25, 0.3) is 0 Å². The predicted octanol–water partition coefficient (Wildman–Crippen LogP) is 4.42. The number of hydrogen-bond donors (Lipinski definition) is 1. The Morgan fingerprint density at radius 3 is 2.89 bits per heavy atom. The molecule has 0 spiro atoms. The van der Waals surface area contributed by atoms with Crippen molar-refractivity contribution in [2.45, 2.75) is 16.6 Å². The fourth-order valence-electron chi connectivity index (χ4n) is 2.20. The summed E-state index contributed by atoms with van der Waals surface area (Å²) < 4.78 is 1.28. The molecule has 1 aliphatic rings. The Morgan fingerprint density at radius 2 is 2.06 bits per heavy atom. The molecule has 18 heavy (non-hydrogen) atoms. The Bertz CT molecular complexity index is 531. The van der Waals surface area contributed by atoms with Crippen LogP contribution in [0.1, 0.15) is 5.56 Å². The fraction of sp³-hybridized carbons (Fsp3) is 0.200. The minimum atomic E-state index is 0.653. The van der Waals surface area contributed by atoms with Crippen LogP contribution in [0.5, 0.6) is 0 Å². The SMILES string of the molecule is Ic1cccc(NCC2Cc3ccccc3S2)c1. The van der Waals surface area contributed by atoms with Crippen LogP contribution in [0, 0.1) is 3.57 Å². The van der Waals surface area contributed by atoms with E-state index >= 15 is 0 Å². The van der Waals surface area contributed by atoms with Gasteiger partial charge in [-0.1, -0.05) is 24.3 Å². The number of halogens is 1. The van der Waals surface area contributed by atoms with E-state index in [1.165, 1.54) is 26.1 Å². The van der Waals surface area contributed by atoms with Crippen molar-refractivity contribution in [3.8, 4) is 0 Å². The Hall–Kier alpha value is -0.680. The van der Waals surface area contributed by atoms with Crippen LogP contribution in [0.3, 0.4) is 0 Å². The summed E-state index contributed by atoms with van der Waals surface area (Å²) in [5, 5.41) is 4.19. The van der Waals surface area contributed by atoms with Gasteiger partial charge in [-0.3, -0.25) is 0 Å². The van der Waals surface area contributed by atoms with Gasteiger partial charge in [0.15, 0.2) is 0 Å². The molecule has 0 bridgehead atoms. The van der Waals surface area contributed by atoms with Crippen molar-refractivity contribution in [1.29, 1.82) is 0 Å². The van der Waals surface area contributed by atoms with Crippen molar-refractivity contribution in [1.82, 2.24) is 0 Å². The molecule has 1 N–H and O–H groups in total. The Morgan fingerprint density at radius 1 is 1.17 bits per heavy atom. The number of rotatable bonds is 3. The van der Waals surface area contributed by atoms with Crippen LogP contribution in [0.15, 0.2) is 53.4 Å². The van der Waals surface area contributed by atoms with Gasteiger partial charge in [-0.2, -0.15) is 0 Å². The molecule has 1 atom stereocenters. The van der Waals surface area contributed by atoms with Crippen molar-refractivity contribution in [3.63, 3.8) is 0 Å². The zero-order chi connectivity index (χ0) is 12.4. The lowest BCUT2D eigenvalue weighted by atomic mass is 10.1. The van der Waals surface area contributed by atoms with Crippen LogP contribution in [0.25, 0.3) is 0 Å². The van der Waals surface area contributed by atoms with E-state index in [0.29, 0.717) is 5.25 Å². The summed E-state index contributed by atoms with van der Waals surface area (Å²) in [7, 11) is 0. The van der Waals surface area contributed by atoms with E-state index in [4.69, 9.17) is 0 Å². The van der Waals surface area contributed by atoms with E-state index in [1.54, 1.807) is 0 Å². The van der Waals surface area contributed by atoms with Crippen molar-refractivity contribution >= 4 is 40.0 Å². The van der Waals surface area contributed by atoms with Gasteiger partial charge in [0.2, 0.25) is 0 Å². The third-order valence-electron chi connectivity index (χ3n) is 3.07. The van der Waals surface area contributed by atoms with E-state index in [0.717, 1.165) is 6.54 Å². The first-order valence-electron chi connectivity index (χ1n) is 6.05. The van der Waals surface area contributed by atoms with Crippen LogP contribution in [-0.2, 0) is 6.42 Å². The molecule has 0 radical (unpaired) electrons. The van der Waals surface area contributed by atoms with E-state index in [-0.39, 0.29) is 0 Å². The predicted molar refractivity (Wildman–Crippen MR) is 87.4 cm³/mol. The molecule has 92 valence electrons. The lowest BCUT2D eigenvalue weighted by Crippen LogP contribution is -2.15. The highest BCUT2D eigenvalue weighted by Gasteiger charge is 2.21. The highest BCUT2D eigenvalue weighted by atomic mass is 127. The van der Waals surface area contributed by atoms with Gasteiger partial charge in [0.05, 0.1) is 0 Å². The first-order valence-corrected chi connectivity index (χ1v) is 8.01. The Labute approximate surface area is 126 Å². The molecule has 0 amide bonds. The van der Waals surface area contributed by atoms with E-state index < -0.39 is 0 Å². The maximum atomic E-state index is 3.54. The average Bonchev–Trinajstić information content (AvgIpc) is 2.79. The zero-order valence-electron chi connectivity index (χ0n) is 9.90. The van der Waals surface area contributed by atoms with E-state index in [2.05, 4.69) is 76.4 Å². The molecule has 0 fully saturated rings. The normalized spacial score (nSPS) is 17.5. The second-order valence-corrected chi connectivity index (χ2v) is 7.03. The highest BCUT2D eigenvalue weighted by molar-refractivity contribution is 14.1. The highest BCUT2D eigenvalue weighted by Crippen LogP contribution is 2.36. The van der Waals surface area contributed by atoms with Crippen molar-refractivity contribution in [2.75, 3.05) is 11.9 Å². The van der Waals surface area contributed by atoms with Crippen LogP contribution < -0.4 is 5.32 Å². The summed E-state index contributed by atoms with van der Waals surface area (Å²) in [6, 6.07) is 17.3. The number of nitrogens with one attached hydrogen (secondary N) is 1. The van der Waals surface area contributed by atoms with Crippen LogP contribution in [-0.4, -0.2) is 11.8 Å². The maximum absolute atomic E-state index is 3.54. The van der Waals surface area contributed by atoms with Gasteiger partial charge < -0.3 is 5.32 Å². The largest absolute Gasteiger partial charge is 0.384 e. The van der Waals surface area contributed by atoms with Gasteiger partial charge in [0.1, 0.15) is 0 Å². The quantitative estimate of drug-likeness (QED) is 0.806. The molecule has 3 rings (SSSR count). The van der Waals surface area contributed by atoms with Gasteiger partial charge in [-0.05, 0) is 58.8 Å². The maximum Gasteiger partial charge on any atom is 0.0351 e. The topological polar surface area (TPSA) is 12.0 Å². The third-order valence-corrected chi connectivity index (χ3v) is 5.06. The molecule has 0 saturated carbocycles. The lowest BCUT2D eigenvalue weighted by Gasteiger charge is -2.11. The number of benzene rings is 2. The molecule has 1 aliphatic heterocycles. The summed E-state index contributed by atoms with van der Waals surface area (Å²) in [5.41, 5.74) is 2.72. The standard InChI is InChI=1S/C15H14INS/c16-12-5-3-6-13(9-12)17-10-14-8-11-4-1-2-7-15(11)18-14/h1-7,9,14,17H,8,10H2. The van der Waals surface area contributed by atoms with E-state index in [9.17, 15) is 0 Å². The number of anilines is 1. The zero-order valence-corrected chi connectivity index (χ0v) is 12.9. The Balaban J connectivity index is 1.60. The lowest BCUT2D eigenvalue weighted by molar-refractivity contribution is 0.899. The van der Waals surface area contributed by atoms with Crippen LogP contribution in [0.2, 0.25) is 0 Å². The first kappa shape index (κ1) is 12.4. The molecular weight excluding hydrogens is 353 g/mol. The minimum Gasteiger partial charge on any atom is -0.384 e. The van der Waals surface area contributed by atoms with Crippen molar-refractivity contribution in [3.05, 3.63) is 57.7 Å². The van der Waals surface area contributed by atoms with Crippen molar-refractivity contribution in [2.24, 2.45) is 0 Å². The molecule has 0 aromatic heterocycles. The van der Waals surface area contributed by atoms with Gasteiger partial charge in [0, 0.05) is 25.9 Å². The van der Waals surface area contributed by atoms with E-state index in [1.807, 2.05) is 11.8 Å². The number of hydrogen-bond acceptors (Lipinski definition) is 2. The molecule has 0 saturated heterocycles. The molecule has 1 nitrogen and oxygen atoms in total. The van der Waals surface area contributed by atoms with Gasteiger partial charge >= 0.3 is 0 Å². The smallest absolute Gasteiger partial charge is 0.0351 e. The average molecular weight is 367 g/mol. The molecular formula is C15H14INS. The second kappa shape index (κ2) is 5.53. The molecule has 2 aromatic rings. The fourth-order valence-corrected chi connectivity index (χ4v) is 3.99. The second-order valence-electron chi connectivity index (χ2n) is 4.44. The first-order chi connectivity index (χ1) is 8.81. The van der Waals surface area contributed by atoms with Gasteiger partial charge in [-0.15, -0.1) is 11.8 Å². The summed E-state index contributed by atoms with van der Waals surface area (Å²) >= 11 is 4.34. The molecule has 3 heteroatoms. The summed E-state index contributed by atoms with van der Waals surface area (Å²) in [6.45, 7) is 1.03. The molecule has 1 heterocycles. The minimum absolute atomic E-state index is 0.653. The van der Waals surface area contributed by atoms with Crippen molar-refractivity contribution < 1.29 is 0 Å². The monoisotopic (exact) mass is 367 g/mol. The van der Waals surface area contributed by atoms with Gasteiger partial charge in [-0.25, -0.2) is 0 Å².